The molecule has 1 fully saturated rings. The Balaban J connectivity index is 1.77. The van der Waals surface area contributed by atoms with E-state index in [0.29, 0.717) is 11.4 Å². The maximum Gasteiger partial charge on any atom is 0.240 e. The third-order valence-electron chi connectivity index (χ3n) is 4.67. The van der Waals surface area contributed by atoms with Gasteiger partial charge in [-0.05, 0) is 55.2 Å². The highest BCUT2D eigenvalue weighted by atomic mass is 32.2. The Morgan fingerprint density at radius 1 is 1.35 bits per heavy atom. The second-order valence-electron chi connectivity index (χ2n) is 6.03. The number of rotatable bonds is 5. The minimum Gasteiger partial charge on any atom is -0.385 e. The lowest BCUT2D eigenvalue weighted by molar-refractivity contribution is 0.475. The molecule has 1 aliphatic heterocycles. The predicted molar refractivity (Wildman–Crippen MR) is 80.4 cm³/mol. The van der Waals surface area contributed by atoms with Gasteiger partial charge in [0.1, 0.15) is 0 Å². The molecule has 20 heavy (non-hydrogen) atoms. The highest BCUT2D eigenvalue weighted by Gasteiger charge is 2.41. The average Bonchev–Trinajstić information content (AvgIpc) is 3.25. The van der Waals surface area contributed by atoms with Crippen LogP contribution in [0.3, 0.4) is 0 Å². The number of sulfonamides is 1. The molecule has 1 aromatic carbocycles. The van der Waals surface area contributed by atoms with E-state index in [1.807, 2.05) is 6.07 Å². The van der Waals surface area contributed by atoms with Gasteiger partial charge in [0.05, 0.1) is 4.90 Å². The summed E-state index contributed by atoms with van der Waals surface area (Å²) in [4.78, 5) is 0.373. The van der Waals surface area contributed by atoms with Crippen molar-refractivity contribution in [1.29, 1.82) is 0 Å². The third-order valence-corrected chi connectivity index (χ3v) is 6.07. The highest BCUT2D eigenvalue weighted by molar-refractivity contribution is 7.89. The molecule has 0 unspecified atom stereocenters. The molecule has 0 atom stereocenters. The summed E-state index contributed by atoms with van der Waals surface area (Å²) >= 11 is 0. The van der Waals surface area contributed by atoms with Crippen LogP contribution in [0.25, 0.3) is 0 Å². The fourth-order valence-corrected chi connectivity index (χ4v) is 3.95. The van der Waals surface area contributed by atoms with Gasteiger partial charge in [-0.3, -0.25) is 0 Å². The summed E-state index contributed by atoms with van der Waals surface area (Å²) in [6.07, 6.45) is 5.45. The fourth-order valence-electron chi connectivity index (χ4n) is 2.77. The van der Waals surface area contributed by atoms with Gasteiger partial charge in [-0.1, -0.05) is 13.0 Å². The fraction of sp³-hybridized carbons (Fsp3) is 0.600. The zero-order valence-electron chi connectivity index (χ0n) is 11.9. The smallest absolute Gasteiger partial charge is 0.240 e. The summed E-state index contributed by atoms with van der Waals surface area (Å²) < 4.78 is 27.5. The Labute approximate surface area is 121 Å². The zero-order chi connectivity index (χ0) is 14.2. The number of hydrogen-bond donors (Lipinski definition) is 2. The molecular weight excluding hydrogens is 272 g/mol. The van der Waals surface area contributed by atoms with Crippen LogP contribution in [0, 0.1) is 5.41 Å². The monoisotopic (exact) mass is 294 g/mol. The minimum atomic E-state index is -3.39. The SMILES string of the molecule is CCC1(CNS(=O)(=O)c2ccc3c(c2)NCCC3)CC1. The largest absolute Gasteiger partial charge is 0.385 e. The van der Waals surface area contributed by atoms with Crippen molar-refractivity contribution in [3.63, 3.8) is 0 Å². The first-order valence-corrected chi connectivity index (χ1v) is 8.89. The van der Waals surface area contributed by atoms with E-state index < -0.39 is 10.0 Å². The van der Waals surface area contributed by atoms with Gasteiger partial charge in [-0.25, -0.2) is 13.1 Å². The van der Waals surface area contributed by atoms with Crippen LogP contribution in [-0.2, 0) is 16.4 Å². The van der Waals surface area contributed by atoms with Crippen molar-refractivity contribution in [1.82, 2.24) is 4.72 Å². The molecule has 1 aliphatic carbocycles. The van der Waals surface area contributed by atoms with Crippen LogP contribution in [0.5, 0.6) is 0 Å². The molecule has 5 heteroatoms. The number of anilines is 1. The van der Waals surface area contributed by atoms with Crippen molar-refractivity contribution in [2.45, 2.75) is 43.9 Å². The van der Waals surface area contributed by atoms with Gasteiger partial charge < -0.3 is 5.32 Å². The summed E-state index contributed by atoms with van der Waals surface area (Å²) in [7, 11) is -3.39. The molecule has 1 saturated carbocycles. The average molecular weight is 294 g/mol. The topological polar surface area (TPSA) is 58.2 Å². The lowest BCUT2D eigenvalue weighted by Gasteiger charge is -2.19. The molecule has 1 aromatic rings. The molecule has 2 N–H and O–H groups in total. The minimum absolute atomic E-state index is 0.222. The summed E-state index contributed by atoms with van der Waals surface area (Å²) in [5, 5.41) is 3.28. The molecule has 0 bridgehead atoms. The van der Waals surface area contributed by atoms with Crippen LogP contribution in [0.4, 0.5) is 5.69 Å². The number of aryl methyl sites for hydroxylation is 1. The van der Waals surface area contributed by atoms with Crippen molar-refractivity contribution in [2.75, 3.05) is 18.4 Å². The molecule has 0 spiro atoms. The normalized spacial score (nSPS) is 20.1. The van der Waals surface area contributed by atoms with Gasteiger partial charge in [-0.15, -0.1) is 0 Å². The molecule has 0 saturated heterocycles. The van der Waals surface area contributed by atoms with Crippen LogP contribution in [0.2, 0.25) is 0 Å². The first-order valence-electron chi connectivity index (χ1n) is 7.41. The third kappa shape index (κ3) is 2.69. The van der Waals surface area contributed by atoms with Gasteiger partial charge >= 0.3 is 0 Å². The first-order chi connectivity index (χ1) is 9.55. The van der Waals surface area contributed by atoms with E-state index in [9.17, 15) is 8.42 Å². The molecule has 1 heterocycles. The number of hydrogen-bond acceptors (Lipinski definition) is 3. The lowest BCUT2D eigenvalue weighted by atomic mass is 10.0. The second-order valence-corrected chi connectivity index (χ2v) is 7.79. The van der Waals surface area contributed by atoms with E-state index in [-0.39, 0.29) is 5.41 Å². The molecule has 4 nitrogen and oxygen atoms in total. The molecular formula is C15H22N2O2S. The van der Waals surface area contributed by atoms with Crippen LogP contribution in [-0.4, -0.2) is 21.5 Å². The Bertz CT molecular complexity index is 606. The molecule has 0 aromatic heterocycles. The van der Waals surface area contributed by atoms with Crippen LogP contribution in [0.1, 0.15) is 38.2 Å². The highest BCUT2D eigenvalue weighted by Crippen LogP contribution is 2.48. The van der Waals surface area contributed by atoms with E-state index in [1.54, 1.807) is 12.1 Å². The van der Waals surface area contributed by atoms with Crippen molar-refractivity contribution in [3.8, 4) is 0 Å². The summed E-state index contributed by atoms with van der Waals surface area (Å²) in [5.74, 6) is 0. The second kappa shape index (κ2) is 5.04. The van der Waals surface area contributed by atoms with Gasteiger partial charge in [0.25, 0.3) is 0 Å². The van der Waals surface area contributed by atoms with Crippen molar-refractivity contribution in [2.24, 2.45) is 5.41 Å². The quantitative estimate of drug-likeness (QED) is 0.877. The van der Waals surface area contributed by atoms with Crippen molar-refractivity contribution >= 4 is 15.7 Å². The van der Waals surface area contributed by atoms with E-state index in [2.05, 4.69) is 17.0 Å². The molecule has 0 radical (unpaired) electrons. The van der Waals surface area contributed by atoms with Gasteiger partial charge in [0.15, 0.2) is 0 Å². The van der Waals surface area contributed by atoms with E-state index >= 15 is 0 Å². The van der Waals surface area contributed by atoms with Gasteiger partial charge in [0, 0.05) is 18.8 Å². The van der Waals surface area contributed by atoms with E-state index in [1.165, 1.54) is 5.56 Å². The van der Waals surface area contributed by atoms with Gasteiger partial charge in [0.2, 0.25) is 10.0 Å². The molecule has 110 valence electrons. The summed E-state index contributed by atoms with van der Waals surface area (Å²) in [6.45, 7) is 3.61. The molecule has 2 aliphatic rings. The number of fused-ring (bicyclic) bond motifs is 1. The van der Waals surface area contributed by atoms with E-state index in [4.69, 9.17) is 0 Å². The van der Waals surface area contributed by atoms with Crippen molar-refractivity contribution in [3.05, 3.63) is 23.8 Å². The molecule has 3 rings (SSSR count). The van der Waals surface area contributed by atoms with Gasteiger partial charge in [-0.2, -0.15) is 0 Å². The van der Waals surface area contributed by atoms with Crippen LogP contribution >= 0.6 is 0 Å². The number of benzene rings is 1. The Hall–Kier alpha value is -1.07. The summed E-state index contributed by atoms with van der Waals surface area (Å²) in [5.41, 5.74) is 2.40. The number of nitrogens with one attached hydrogen (secondary N) is 2. The van der Waals surface area contributed by atoms with Crippen LogP contribution in [0.15, 0.2) is 23.1 Å². The zero-order valence-corrected chi connectivity index (χ0v) is 12.7. The molecule has 0 amide bonds. The maximum atomic E-state index is 12.4. The Kier molecular flexibility index (Phi) is 3.50. The Morgan fingerprint density at radius 2 is 2.15 bits per heavy atom. The standard InChI is InChI=1S/C15H22N2O2S/c1-2-15(7-8-15)11-17-20(18,19)13-6-5-12-4-3-9-16-14(12)10-13/h5-6,10,16-17H,2-4,7-9,11H2,1H3. The Morgan fingerprint density at radius 3 is 2.85 bits per heavy atom. The maximum absolute atomic E-state index is 12.4. The van der Waals surface area contributed by atoms with E-state index in [0.717, 1.165) is 44.3 Å². The lowest BCUT2D eigenvalue weighted by Crippen LogP contribution is -2.30. The van der Waals surface area contributed by atoms with Crippen molar-refractivity contribution < 1.29 is 8.42 Å². The van der Waals surface area contributed by atoms with Crippen LogP contribution < -0.4 is 10.0 Å². The summed E-state index contributed by atoms with van der Waals surface area (Å²) in [6, 6.07) is 5.42. The first kappa shape index (κ1) is 13.9. The predicted octanol–water partition coefficient (Wildman–Crippen LogP) is 2.51.